The first kappa shape index (κ1) is 15.4. The van der Waals surface area contributed by atoms with Crippen LogP contribution in [0.5, 0.6) is 0 Å². The fourth-order valence-corrected chi connectivity index (χ4v) is 3.00. The molecule has 3 nitrogen and oxygen atoms in total. The second kappa shape index (κ2) is 6.19. The molecule has 1 atom stereocenters. The van der Waals surface area contributed by atoms with Crippen LogP contribution in [0.25, 0.3) is 0 Å². The molecule has 1 unspecified atom stereocenters. The fourth-order valence-electron chi connectivity index (χ4n) is 2.59. The molecule has 1 fully saturated rings. The molecular formula is C16H23NO2S. The Kier molecular flexibility index (Phi) is 4.76. The molecule has 0 bridgehead atoms. The molecule has 2 rings (SSSR count). The van der Waals surface area contributed by atoms with E-state index in [-0.39, 0.29) is 11.8 Å². The lowest BCUT2D eigenvalue weighted by Crippen LogP contribution is -2.36. The lowest BCUT2D eigenvalue weighted by molar-refractivity contribution is -0.129. The van der Waals surface area contributed by atoms with E-state index in [0.29, 0.717) is 13.0 Å². The summed E-state index contributed by atoms with van der Waals surface area (Å²) in [6.07, 6.45) is 3.38. The largest absolute Gasteiger partial charge is 0.390 e. The predicted molar refractivity (Wildman–Crippen MR) is 82.9 cm³/mol. The number of nitrogens with zero attached hydrogens (tertiary/aromatic N) is 1. The van der Waals surface area contributed by atoms with Gasteiger partial charge in [-0.25, -0.2) is 0 Å². The lowest BCUT2D eigenvalue weighted by atomic mass is 9.90. The Morgan fingerprint density at radius 3 is 2.55 bits per heavy atom. The second-order valence-corrected chi connectivity index (χ2v) is 6.88. The minimum absolute atomic E-state index is 0.161. The van der Waals surface area contributed by atoms with Gasteiger partial charge in [-0.1, -0.05) is 12.1 Å². The summed E-state index contributed by atoms with van der Waals surface area (Å²) < 4.78 is 0. The number of rotatable bonds is 4. The minimum atomic E-state index is -0.699. The Balaban J connectivity index is 1.92. The summed E-state index contributed by atoms with van der Waals surface area (Å²) in [7, 11) is 0. The van der Waals surface area contributed by atoms with E-state index in [1.54, 1.807) is 11.8 Å². The molecule has 110 valence electrons. The number of hydrogen-bond donors (Lipinski definition) is 1. The Bertz CT molecular complexity index is 464. The van der Waals surface area contributed by atoms with Gasteiger partial charge in [0.05, 0.1) is 12.0 Å². The maximum Gasteiger partial charge on any atom is 0.227 e. The highest BCUT2D eigenvalue weighted by Gasteiger charge is 2.35. The van der Waals surface area contributed by atoms with E-state index in [1.807, 2.05) is 37.1 Å². The summed E-state index contributed by atoms with van der Waals surface area (Å²) >= 11 is 1.70. The van der Waals surface area contributed by atoms with Gasteiger partial charge < -0.3 is 10.0 Å². The van der Waals surface area contributed by atoms with Crippen LogP contribution in [-0.4, -0.2) is 40.9 Å². The van der Waals surface area contributed by atoms with Crippen molar-refractivity contribution in [2.75, 3.05) is 19.3 Å². The Labute approximate surface area is 125 Å². The second-order valence-electron chi connectivity index (χ2n) is 6.00. The topological polar surface area (TPSA) is 40.5 Å². The van der Waals surface area contributed by atoms with E-state index in [1.165, 1.54) is 4.90 Å². The number of thioether (sulfide) groups is 1. The first-order valence-corrected chi connectivity index (χ1v) is 8.25. The highest BCUT2D eigenvalue weighted by molar-refractivity contribution is 7.98. The molecule has 0 spiro atoms. The molecule has 1 amide bonds. The molecule has 4 heteroatoms. The van der Waals surface area contributed by atoms with Gasteiger partial charge in [0.1, 0.15) is 0 Å². The minimum Gasteiger partial charge on any atom is -0.390 e. The van der Waals surface area contributed by atoms with Crippen LogP contribution < -0.4 is 0 Å². The van der Waals surface area contributed by atoms with Crippen molar-refractivity contribution >= 4 is 17.7 Å². The highest BCUT2D eigenvalue weighted by Crippen LogP contribution is 2.27. The molecule has 1 heterocycles. The van der Waals surface area contributed by atoms with Crippen molar-refractivity contribution in [3.05, 3.63) is 29.8 Å². The van der Waals surface area contributed by atoms with Crippen LogP contribution >= 0.6 is 11.8 Å². The van der Waals surface area contributed by atoms with Gasteiger partial charge in [0.15, 0.2) is 0 Å². The lowest BCUT2D eigenvalue weighted by Gasteiger charge is -2.25. The smallest absolute Gasteiger partial charge is 0.227 e. The average molecular weight is 293 g/mol. The molecule has 1 N–H and O–H groups in total. The van der Waals surface area contributed by atoms with Crippen molar-refractivity contribution in [3.8, 4) is 0 Å². The van der Waals surface area contributed by atoms with Gasteiger partial charge in [-0.2, -0.15) is 0 Å². The standard InChI is InChI=1S/C16H23NO2S/c1-16(2,19)13-8-9-17(11-13)15(18)10-12-4-6-14(20-3)7-5-12/h4-7,13,19H,8-11H2,1-3H3. The van der Waals surface area contributed by atoms with E-state index < -0.39 is 5.60 Å². The molecule has 1 aliphatic rings. The van der Waals surface area contributed by atoms with Crippen LogP contribution in [0.3, 0.4) is 0 Å². The number of carbonyl (C=O) groups is 1. The zero-order valence-electron chi connectivity index (χ0n) is 12.4. The number of carbonyl (C=O) groups excluding carboxylic acids is 1. The number of likely N-dealkylation sites (tertiary alicyclic amines) is 1. The summed E-state index contributed by atoms with van der Waals surface area (Å²) in [5, 5.41) is 10.0. The van der Waals surface area contributed by atoms with E-state index in [9.17, 15) is 9.90 Å². The van der Waals surface area contributed by atoms with E-state index in [4.69, 9.17) is 0 Å². The van der Waals surface area contributed by atoms with Crippen molar-refractivity contribution in [2.45, 2.75) is 37.2 Å². The van der Waals surface area contributed by atoms with Crippen LogP contribution in [0.4, 0.5) is 0 Å². The third-order valence-corrected chi connectivity index (χ3v) is 4.80. The molecule has 0 aromatic heterocycles. The number of benzene rings is 1. The van der Waals surface area contributed by atoms with Gasteiger partial charge >= 0.3 is 0 Å². The van der Waals surface area contributed by atoms with Crippen molar-refractivity contribution in [1.82, 2.24) is 4.90 Å². The Morgan fingerprint density at radius 2 is 2.05 bits per heavy atom. The molecule has 0 saturated carbocycles. The zero-order valence-corrected chi connectivity index (χ0v) is 13.2. The van der Waals surface area contributed by atoms with Crippen LogP contribution in [0.15, 0.2) is 29.2 Å². The van der Waals surface area contributed by atoms with Crippen LogP contribution in [-0.2, 0) is 11.2 Å². The summed E-state index contributed by atoms with van der Waals surface area (Å²) in [5.74, 6) is 0.346. The van der Waals surface area contributed by atoms with Gasteiger partial charge in [-0.3, -0.25) is 4.79 Å². The zero-order chi connectivity index (χ0) is 14.8. The van der Waals surface area contributed by atoms with Gasteiger partial charge in [-0.15, -0.1) is 11.8 Å². The van der Waals surface area contributed by atoms with E-state index >= 15 is 0 Å². The molecule has 1 aromatic rings. The van der Waals surface area contributed by atoms with Gasteiger partial charge in [-0.05, 0) is 44.2 Å². The highest BCUT2D eigenvalue weighted by atomic mass is 32.2. The molecule has 0 radical (unpaired) electrons. The Morgan fingerprint density at radius 1 is 1.40 bits per heavy atom. The fraction of sp³-hybridized carbons (Fsp3) is 0.562. The Hall–Kier alpha value is -1.00. The molecule has 1 aliphatic heterocycles. The summed E-state index contributed by atoms with van der Waals surface area (Å²) in [6.45, 7) is 5.08. The predicted octanol–water partition coefficient (Wildman–Crippen LogP) is 2.57. The van der Waals surface area contributed by atoms with Gasteiger partial charge in [0, 0.05) is 23.9 Å². The molecule has 0 aliphatic carbocycles. The summed E-state index contributed by atoms with van der Waals surface area (Å²) in [6, 6.07) is 8.15. The van der Waals surface area contributed by atoms with Crippen LogP contribution in [0.1, 0.15) is 25.8 Å². The molecule has 1 aromatic carbocycles. The molecular weight excluding hydrogens is 270 g/mol. The van der Waals surface area contributed by atoms with Crippen LogP contribution in [0.2, 0.25) is 0 Å². The first-order valence-electron chi connectivity index (χ1n) is 7.03. The van der Waals surface area contributed by atoms with Gasteiger partial charge in [0.2, 0.25) is 5.91 Å². The monoisotopic (exact) mass is 293 g/mol. The quantitative estimate of drug-likeness (QED) is 0.867. The van der Waals surface area contributed by atoms with Crippen molar-refractivity contribution < 1.29 is 9.90 Å². The third-order valence-electron chi connectivity index (χ3n) is 4.05. The number of amides is 1. The van der Waals surface area contributed by atoms with Crippen molar-refractivity contribution in [1.29, 1.82) is 0 Å². The van der Waals surface area contributed by atoms with Gasteiger partial charge in [0.25, 0.3) is 0 Å². The number of aliphatic hydroxyl groups is 1. The number of hydrogen-bond acceptors (Lipinski definition) is 3. The average Bonchev–Trinajstić information content (AvgIpc) is 2.89. The van der Waals surface area contributed by atoms with E-state index in [2.05, 4.69) is 12.1 Å². The first-order chi connectivity index (χ1) is 9.40. The maximum atomic E-state index is 12.3. The van der Waals surface area contributed by atoms with E-state index in [0.717, 1.165) is 18.5 Å². The molecule has 1 saturated heterocycles. The molecule has 20 heavy (non-hydrogen) atoms. The van der Waals surface area contributed by atoms with Crippen molar-refractivity contribution in [3.63, 3.8) is 0 Å². The van der Waals surface area contributed by atoms with Crippen molar-refractivity contribution in [2.24, 2.45) is 5.92 Å². The normalized spacial score (nSPS) is 19.4. The van der Waals surface area contributed by atoms with Crippen LogP contribution in [0, 0.1) is 5.92 Å². The SMILES string of the molecule is CSc1ccc(CC(=O)N2CCC(C(C)(C)O)C2)cc1. The maximum absolute atomic E-state index is 12.3. The summed E-state index contributed by atoms with van der Waals surface area (Å²) in [5.41, 5.74) is 0.356. The summed E-state index contributed by atoms with van der Waals surface area (Å²) in [4.78, 5) is 15.4. The third kappa shape index (κ3) is 3.76.